The van der Waals surface area contributed by atoms with Crippen LogP contribution in [0.4, 0.5) is 0 Å². The Morgan fingerprint density at radius 2 is 1.52 bits per heavy atom. The maximum absolute atomic E-state index is 12.8. The lowest BCUT2D eigenvalue weighted by Gasteiger charge is -2.22. The molecule has 0 aliphatic rings. The van der Waals surface area contributed by atoms with Crippen LogP contribution in [0.3, 0.4) is 0 Å². The molecule has 0 fully saturated rings. The van der Waals surface area contributed by atoms with Gasteiger partial charge >= 0.3 is 0 Å². The molecule has 1 unspecified atom stereocenters. The second-order valence-electron chi connectivity index (χ2n) is 6.84. The number of nitrogens with one attached hydrogen (secondary N) is 2. The Kier molecular flexibility index (Phi) is 8.01. The van der Waals surface area contributed by atoms with Gasteiger partial charge in [-0.15, -0.1) is 0 Å². The number of benzene rings is 2. The van der Waals surface area contributed by atoms with Gasteiger partial charge in [0, 0.05) is 12.8 Å². The summed E-state index contributed by atoms with van der Waals surface area (Å²) < 4.78 is 0. The van der Waals surface area contributed by atoms with E-state index in [2.05, 4.69) is 10.6 Å². The highest BCUT2D eigenvalue weighted by Gasteiger charge is 2.23. The van der Waals surface area contributed by atoms with E-state index >= 15 is 0 Å². The first kappa shape index (κ1) is 20.6. The van der Waals surface area contributed by atoms with Crippen LogP contribution in [-0.4, -0.2) is 29.1 Å². The van der Waals surface area contributed by atoms with Gasteiger partial charge in [-0.3, -0.25) is 9.59 Å². The summed E-state index contributed by atoms with van der Waals surface area (Å²) >= 11 is 0. The Morgan fingerprint density at radius 1 is 0.926 bits per heavy atom. The maximum atomic E-state index is 12.8. The van der Waals surface area contributed by atoms with Gasteiger partial charge in [-0.25, -0.2) is 0 Å². The molecule has 0 heterocycles. The standard InChI is InChI=1S/C22H28N2O3/c1-16(25)13-14-21(26)24-20(15-18-9-5-3-6-10-18)22(27)23-17(2)19-11-7-4-8-12-19/h3-12,16-17,20,25H,13-15H2,1-2H3,(H,23,27)(H,24,26)/t16?,17-,20+/m1/s1. The third kappa shape index (κ3) is 7.23. The van der Waals surface area contributed by atoms with Crippen molar-refractivity contribution in [2.75, 3.05) is 0 Å². The van der Waals surface area contributed by atoms with E-state index in [-0.39, 0.29) is 24.3 Å². The lowest BCUT2D eigenvalue weighted by Crippen LogP contribution is -2.48. The van der Waals surface area contributed by atoms with E-state index in [4.69, 9.17) is 0 Å². The maximum Gasteiger partial charge on any atom is 0.243 e. The zero-order valence-corrected chi connectivity index (χ0v) is 15.9. The zero-order valence-electron chi connectivity index (χ0n) is 15.9. The van der Waals surface area contributed by atoms with Gasteiger partial charge in [-0.05, 0) is 31.4 Å². The summed E-state index contributed by atoms with van der Waals surface area (Å²) in [4.78, 5) is 25.0. The zero-order chi connectivity index (χ0) is 19.6. The van der Waals surface area contributed by atoms with Gasteiger partial charge < -0.3 is 15.7 Å². The molecule has 3 atom stereocenters. The molecule has 0 bridgehead atoms. The number of amides is 2. The number of aliphatic hydroxyl groups excluding tert-OH is 1. The van der Waals surface area contributed by atoms with Crippen molar-refractivity contribution in [3.8, 4) is 0 Å². The van der Waals surface area contributed by atoms with Crippen LogP contribution in [0.5, 0.6) is 0 Å². The molecule has 5 nitrogen and oxygen atoms in total. The predicted octanol–water partition coefficient (Wildman–Crippen LogP) is 2.75. The second-order valence-corrected chi connectivity index (χ2v) is 6.84. The van der Waals surface area contributed by atoms with E-state index in [1.165, 1.54) is 0 Å². The number of aliphatic hydroxyl groups is 1. The van der Waals surface area contributed by atoms with E-state index in [0.717, 1.165) is 11.1 Å². The van der Waals surface area contributed by atoms with Gasteiger partial charge in [-0.1, -0.05) is 60.7 Å². The molecule has 0 aliphatic carbocycles. The molecule has 0 spiro atoms. The van der Waals surface area contributed by atoms with Crippen LogP contribution in [0.2, 0.25) is 0 Å². The molecular weight excluding hydrogens is 340 g/mol. The molecule has 27 heavy (non-hydrogen) atoms. The van der Waals surface area contributed by atoms with Crippen LogP contribution in [0.25, 0.3) is 0 Å². The average molecular weight is 368 g/mol. The van der Waals surface area contributed by atoms with Gasteiger partial charge in [-0.2, -0.15) is 0 Å². The smallest absolute Gasteiger partial charge is 0.243 e. The topological polar surface area (TPSA) is 78.4 Å². The summed E-state index contributed by atoms with van der Waals surface area (Å²) in [5, 5.41) is 15.2. The number of carbonyl (C=O) groups is 2. The average Bonchev–Trinajstić information content (AvgIpc) is 2.67. The molecule has 2 rings (SSSR count). The number of carbonyl (C=O) groups excluding carboxylic acids is 2. The Hall–Kier alpha value is -2.66. The highest BCUT2D eigenvalue weighted by atomic mass is 16.3. The normalized spacial score (nSPS) is 14.0. The van der Waals surface area contributed by atoms with Gasteiger partial charge in [0.05, 0.1) is 12.1 Å². The van der Waals surface area contributed by atoms with Gasteiger partial charge in [0.15, 0.2) is 0 Å². The first-order valence-corrected chi connectivity index (χ1v) is 9.32. The number of rotatable bonds is 9. The number of hydrogen-bond donors (Lipinski definition) is 3. The Morgan fingerprint density at radius 3 is 2.11 bits per heavy atom. The van der Waals surface area contributed by atoms with E-state index in [0.29, 0.717) is 12.8 Å². The van der Waals surface area contributed by atoms with Gasteiger partial charge in [0.2, 0.25) is 11.8 Å². The molecule has 0 saturated carbocycles. The second kappa shape index (κ2) is 10.5. The molecule has 0 aliphatic heterocycles. The first-order chi connectivity index (χ1) is 13.0. The third-order valence-corrected chi connectivity index (χ3v) is 4.38. The minimum Gasteiger partial charge on any atom is -0.393 e. The summed E-state index contributed by atoms with van der Waals surface area (Å²) in [7, 11) is 0. The molecule has 2 aromatic rings. The summed E-state index contributed by atoms with van der Waals surface area (Å²) in [6, 6.07) is 18.5. The fourth-order valence-corrected chi connectivity index (χ4v) is 2.80. The molecular formula is C22H28N2O3. The quantitative estimate of drug-likeness (QED) is 0.637. The highest BCUT2D eigenvalue weighted by molar-refractivity contribution is 5.88. The van der Waals surface area contributed by atoms with E-state index in [1.807, 2.05) is 67.6 Å². The SMILES string of the molecule is CC(O)CCC(=O)N[C@@H](Cc1ccccc1)C(=O)N[C@H](C)c1ccccc1. The first-order valence-electron chi connectivity index (χ1n) is 9.32. The van der Waals surface area contributed by atoms with Gasteiger partial charge in [0.1, 0.15) is 6.04 Å². The molecule has 0 radical (unpaired) electrons. The molecule has 0 saturated heterocycles. The fourth-order valence-electron chi connectivity index (χ4n) is 2.80. The Bertz CT molecular complexity index is 717. The molecule has 3 N–H and O–H groups in total. The van der Waals surface area contributed by atoms with Crippen molar-refractivity contribution >= 4 is 11.8 Å². The highest BCUT2D eigenvalue weighted by Crippen LogP contribution is 2.12. The van der Waals surface area contributed by atoms with Crippen LogP contribution in [-0.2, 0) is 16.0 Å². The molecule has 5 heteroatoms. The van der Waals surface area contributed by atoms with E-state index < -0.39 is 12.1 Å². The van der Waals surface area contributed by atoms with Crippen molar-refractivity contribution in [1.29, 1.82) is 0 Å². The van der Waals surface area contributed by atoms with Crippen LogP contribution in [0.1, 0.15) is 43.9 Å². The summed E-state index contributed by atoms with van der Waals surface area (Å²) in [6.45, 7) is 3.56. The minimum atomic E-state index is -0.667. The van der Waals surface area contributed by atoms with Crippen LogP contribution in [0.15, 0.2) is 60.7 Å². The minimum absolute atomic E-state index is 0.161. The molecule has 0 aromatic heterocycles. The molecule has 144 valence electrons. The third-order valence-electron chi connectivity index (χ3n) is 4.38. The molecule has 2 aromatic carbocycles. The van der Waals surface area contributed by atoms with Crippen LogP contribution in [0, 0.1) is 0 Å². The Balaban J connectivity index is 2.05. The summed E-state index contributed by atoms with van der Waals surface area (Å²) in [5.41, 5.74) is 1.98. The van der Waals surface area contributed by atoms with Crippen molar-refractivity contribution < 1.29 is 14.7 Å². The predicted molar refractivity (Wildman–Crippen MR) is 106 cm³/mol. The van der Waals surface area contributed by atoms with Gasteiger partial charge in [0.25, 0.3) is 0 Å². The lowest BCUT2D eigenvalue weighted by molar-refractivity contribution is -0.129. The fraction of sp³-hybridized carbons (Fsp3) is 0.364. The van der Waals surface area contributed by atoms with Crippen molar-refractivity contribution in [3.05, 3.63) is 71.8 Å². The largest absolute Gasteiger partial charge is 0.393 e. The monoisotopic (exact) mass is 368 g/mol. The Labute approximate surface area is 160 Å². The number of hydrogen-bond acceptors (Lipinski definition) is 3. The van der Waals surface area contributed by atoms with Crippen LogP contribution < -0.4 is 10.6 Å². The van der Waals surface area contributed by atoms with Crippen molar-refractivity contribution in [1.82, 2.24) is 10.6 Å². The van der Waals surface area contributed by atoms with E-state index in [9.17, 15) is 14.7 Å². The lowest BCUT2D eigenvalue weighted by atomic mass is 10.0. The summed E-state index contributed by atoms with van der Waals surface area (Å²) in [5.74, 6) is -0.458. The molecule has 2 amide bonds. The summed E-state index contributed by atoms with van der Waals surface area (Å²) in [6.07, 6.45) is 0.417. The van der Waals surface area contributed by atoms with Crippen molar-refractivity contribution in [2.24, 2.45) is 0 Å². The van der Waals surface area contributed by atoms with Crippen molar-refractivity contribution in [2.45, 2.75) is 51.3 Å². The van der Waals surface area contributed by atoms with Crippen molar-refractivity contribution in [3.63, 3.8) is 0 Å². The van der Waals surface area contributed by atoms with E-state index in [1.54, 1.807) is 6.92 Å². The van der Waals surface area contributed by atoms with Crippen LogP contribution >= 0.6 is 0 Å².